The summed E-state index contributed by atoms with van der Waals surface area (Å²) in [5.41, 5.74) is 3.18. The molecule has 0 saturated carbocycles. The Morgan fingerprint density at radius 3 is 2.85 bits per heavy atom. The highest BCUT2D eigenvalue weighted by Crippen LogP contribution is 2.28. The van der Waals surface area contributed by atoms with Crippen molar-refractivity contribution in [2.24, 2.45) is 0 Å². The van der Waals surface area contributed by atoms with E-state index in [2.05, 4.69) is 30.7 Å². The summed E-state index contributed by atoms with van der Waals surface area (Å²) in [5, 5.41) is 10.0. The predicted octanol–water partition coefficient (Wildman–Crippen LogP) is 3.85. The topological polar surface area (TPSA) is 73.6 Å². The Balaban J connectivity index is 1.92. The molecule has 140 valence electrons. The molecule has 1 N–H and O–H groups in total. The fraction of sp³-hybridized carbons (Fsp3) is 0.474. The van der Waals surface area contributed by atoms with Crippen LogP contribution in [0.25, 0.3) is 16.6 Å². The summed E-state index contributed by atoms with van der Waals surface area (Å²) in [6, 6.07) is 4.79. The van der Waals surface area contributed by atoms with Gasteiger partial charge in [-0.1, -0.05) is 25.7 Å². The first-order chi connectivity index (χ1) is 12.3. The van der Waals surface area contributed by atoms with Crippen LogP contribution in [0.4, 0.5) is 0 Å². The number of carbonyl (C=O) groups is 1. The average molecular weight is 375 g/mol. The Kier molecular flexibility index (Phi) is 5.60. The molecule has 1 aliphatic heterocycles. The molecule has 3 heterocycles. The Morgan fingerprint density at radius 1 is 1.38 bits per heavy atom. The van der Waals surface area contributed by atoms with Crippen LogP contribution in [-0.4, -0.2) is 48.5 Å². The number of carboxylic acids is 1. The lowest BCUT2D eigenvalue weighted by atomic mass is 10.1. The molecule has 6 nitrogen and oxygen atoms in total. The number of carboxylic acid groups (broad SMARTS) is 1. The monoisotopic (exact) mass is 374 g/mol. The van der Waals surface area contributed by atoms with E-state index in [1.165, 1.54) is 11.8 Å². The molecular formula is C19H26N2O4Si. The summed E-state index contributed by atoms with van der Waals surface area (Å²) < 4.78 is 13.4. The molecule has 0 saturated heterocycles. The van der Waals surface area contributed by atoms with E-state index in [4.69, 9.17) is 9.47 Å². The molecule has 7 heteroatoms. The van der Waals surface area contributed by atoms with Crippen molar-refractivity contribution in [1.29, 1.82) is 0 Å². The van der Waals surface area contributed by atoms with E-state index in [1.807, 2.05) is 10.6 Å². The van der Waals surface area contributed by atoms with Gasteiger partial charge in [0.15, 0.2) is 0 Å². The quantitative estimate of drug-likeness (QED) is 0.589. The molecule has 0 fully saturated rings. The molecule has 1 aliphatic rings. The van der Waals surface area contributed by atoms with E-state index in [9.17, 15) is 9.90 Å². The van der Waals surface area contributed by atoms with E-state index in [0.29, 0.717) is 19.9 Å². The number of hydrogen-bond donors (Lipinski definition) is 1. The molecule has 0 spiro atoms. The van der Waals surface area contributed by atoms with Crippen molar-refractivity contribution < 1.29 is 19.4 Å². The largest absolute Gasteiger partial charge is 0.478 e. The maximum Gasteiger partial charge on any atom is 0.337 e. The van der Waals surface area contributed by atoms with E-state index >= 15 is 0 Å². The third-order valence-electron chi connectivity index (χ3n) is 4.49. The Morgan fingerprint density at radius 2 is 2.19 bits per heavy atom. The average Bonchev–Trinajstić information content (AvgIpc) is 2.96. The van der Waals surface area contributed by atoms with E-state index < -0.39 is 14.0 Å². The summed E-state index contributed by atoms with van der Waals surface area (Å²) in [6.07, 6.45) is 4.32. The Labute approximate surface area is 154 Å². The molecule has 0 radical (unpaired) electrons. The van der Waals surface area contributed by atoms with Crippen LogP contribution in [0.2, 0.25) is 25.7 Å². The molecule has 0 atom stereocenters. The van der Waals surface area contributed by atoms with Crippen LogP contribution in [0.1, 0.15) is 22.5 Å². The summed E-state index contributed by atoms with van der Waals surface area (Å²) in [6.45, 7) is 9.42. The molecule has 0 aliphatic carbocycles. The number of hydrogen-bond acceptors (Lipinski definition) is 4. The van der Waals surface area contributed by atoms with Gasteiger partial charge in [-0.3, -0.25) is 0 Å². The number of rotatable bonds is 7. The Hall–Kier alpha value is -1.96. The SMILES string of the molecule is C[Si](C)(C)CCOCn1c(C2=CCOCC2)cc2cc(C(=O)O)cnc21. The second-order valence-corrected chi connectivity index (χ2v) is 13.4. The summed E-state index contributed by atoms with van der Waals surface area (Å²) in [4.78, 5) is 15.6. The number of aromatic carboxylic acids is 1. The molecule has 2 aromatic heterocycles. The van der Waals surface area contributed by atoms with Crippen molar-refractivity contribution >= 4 is 30.6 Å². The summed E-state index contributed by atoms with van der Waals surface area (Å²) in [5.74, 6) is -0.967. The second kappa shape index (κ2) is 7.73. The van der Waals surface area contributed by atoms with Gasteiger partial charge in [0, 0.05) is 32.0 Å². The minimum atomic E-state index is -1.14. The smallest absolute Gasteiger partial charge is 0.337 e. The minimum Gasteiger partial charge on any atom is -0.478 e. The zero-order valence-corrected chi connectivity index (χ0v) is 16.6. The van der Waals surface area contributed by atoms with Gasteiger partial charge in [0.25, 0.3) is 0 Å². The third kappa shape index (κ3) is 4.41. The molecule has 0 unspecified atom stereocenters. The van der Waals surface area contributed by atoms with Gasteiger partial charge < -0.3 is 19.1 Å². The number of aromatic nitrogens is 2. The highest BCUT2D eigenvalue weighted by Gasteiger charge is 2.18. The number of fused-ring (bicyclic) bond motifs is 1. The van der Waals surface area contributed by atoms with Crippen molar-refractivity contribution in [2.75, 3.05) is 19.8 Å². The first-order valence-corrected chi connectivity index (χ1v) is 12.6. The van der Waals surface area contributed by atoms with Crippen molar-refractivity contribution in [1.82, 2.24) is 9.55 Å². The first-order valence-electron chi connectivity index (χ1n) is 8.93. The lowest BCUT2D eigenvalue weighted by Crippen LogP contribution is -2.22. The van der Waals surface area contributed by atoms with Crippen LogP contribution >= 0.6 is 0 Å². The highest BCUT2D eigenvalue weighted by molar-refractivity contribution is 6.76. The van der Waals surface area contributed by atoms with Crippen LogP contribution in [0.15, 0.2) is 24.4 Å². The second-order valence-electron chi connectivity index (χ2n) is 7.80. The van der Waals surface area contributed by atoms with E-state index in [1.54, 1.807) is 6.07 Å². The molecule has 0 bridgehead atoms. The lowest BCUT2D eigenvalue weighted by molar-refractivity contribution is 0.0696. The van der Waals surface area contributed by atoms with Gasteiger partial charge in [-0.15, -0.1) is 0 Å². The van der Waals surface area contributed by atoms with Crippen LogP contribution in [0, 0.1) is 0 Å². The minimum absolute atomic E-state index is 0.196. The number of ether oxygens (including phenoxy) is 2. The Bertz CT molecular complexity index is 836. The number of pyridine rings is 1. The summed E-state index contributed by atoms with van der Waals surface area (Å²) >= 11 is 0. The standard InChI is InChI=1S/C19H26N2O4Si/c1-26(2,3)9-8-25-13-21-17(14-4-6-24-7-5-14)11-15-10-16(19(22)23)12-20-18(15)21/h4,10-12H,5-9,13H2,1-3H3,(H,22,23). The van der Waals surface area contributed by atoms with Crippen molar-refractivity contribution in [3.63, 3.8) is 0 Å². The van der Waals surface area contributed by atoms with Crippen molar-refractivity contribution in [3.8, 4) is 0 Å². The zero-order valence-electron chi connectivity index (χ0n) is 15.6. The van der Waals surface area contributed by atoms with E-state index in [0.717, 1.165) is 35.8 Å². The van der Waals surface area contributed by atoms with Crippen molar-refractivity contribution in [2.45, 2.75) is 38.8 Å². The number of nitrogens with zero attached hydrogens (tertiary/aromatic N) is 2. The molecule has 2 aromatic rings. The van der Waals surface area contributed by atoms with Crippen LogP contribution in [0.3, 0.4) is 0 Å². The first kappa shape index (κ1) is 18.8. The summed E-state index contributed by atoms with van der Waals surface area (Å²) in [7, 11) is -1.14. The molecule has 0 amide bonds. The fourth-order valence-electron chi connectivity index (χ4n) is 2.95. The van der Waals surface area contributed by atoms with Gasteiger partial charge in [-0.2, -0.15) is 0 Å². The zero-order chi connectivity index (χ0) is 18.7. The van der Waals surface area contributed by atoms with Gasteiger partial charge in [0.1, 0.15) is 12.4 Å². The lowest BCUT2D eigenvalue weighted by Gasteiger charge is -2.18. The normalized spacial score (nSPS) is 15.3. The van der Waals surface area contributed by atoms with Gasteiger partial charge in [-0.05, 0) is 30.2 Å². The fourth-order valence-corrected chi connectivity index (χ4v) is 3.71. The van der Waals surface area contributed by atoms with Crippen LogP contribution in [0.5, 0.6) is 0 Å². The maximum atomic E-state index is 11.2. The third-order valence-corrected chi connectivity index (χ3v) is 6.19. The van der Waals surface area contributed by atoms with Gasteiger partial charge in [0.05, 0.1) is 18.8 Å². The molecule has 26 heavy (non-hydrogen) atoms. The molecular weight excluding hydrogens is 348 g/mol. The van der Waals surface area contributed by atoms with Crippen LogP contribution in [-0.2, 0) is 16.2 Å². The predicted molar refractivity (Wildman–Crippen MR) is 104 cm³/mol. The van der Waals surface area contributed by atoms with Gasteiger partial charge in [0.2, 0.25) is 0 Å². The van der Waals surface area contributed by atoms with E-state index in [-0.39, 0.29) is 5.56 Å². The van der Waals surface area contributed by atoms with Gasteiger partial charge >= 0.3 is 5.97 Å². The molecule has 0 aromatic carbocycles. The molecule has 3 rings (SSSR count). The van der Waals surface area contributed by atoms with Crippen LogP contribution < -0.4 is 0 Å². The van der Waals surface area contributed by atoms with Gasteiger partial charge in [-0.25, -0.2) is 9.78 Å². The highest BCUT2D eigenvalue weighted by atomic mass is 28.3. The maximum absolute atomic E-state index is 11.2. The van der Waals surface area contributed by atoms with Crippen molar-refractivity contribution in [3.05, 3.63) is 35.7 Å².